The van der Waals surface area contributed by atoms with Crippen LogP contribution < -0.4 is 5.32 Å². The van der Waals surface area contributed by atoms with E-state index in [1.54, 1.807) is 12.1 Å². The molecule has 0 amide bonds. The fourth-order valence-corrected chi connectivity index (χ4v) is 3.30. The topological polar surface area (TPSA) is 41.5 Å². The Morgan fingerprint density at radius 2 is 2.00 bits per heavy atom. The van der Waals surface area contributed by atoms with Crippen molar-refractivity contribution in [3.63, 3.8) is 0 Å². The number of ether oxygens (including phenoxy) is 1. The molecule has 104 valence electrons. The van der Waals surface area contributed by atoms with E-state index in [9.17, 15) is 9.50 Å². The first-order valence-corrected chi connectivity index (χ1v) is 7.04. The molecule has 0 spiro atoms. The van der Waals surface area contributed by atoms with Gasteiger partial charge in [-0.25, -0.2) is 4.39 Å². The van der Waals surface area contributed by atoms with Crippen molar-refractivity contribution >= 4 is 5.69 Å². The molecule has 2 aliphatic rings. The number of rotatable bonds is 2. The third kappa shape index (κ3) is 2.47. The summed E-state index contributed by atoms with van der Waals surface area (Å²) in [6.45, 7) is 0.672. The Bertz CT molecular complexity index is 434. The van der Waals surface area contributed by atoms with Crippen molar-refractivity contribution < 1.29 is 14.2 Å². The Kier molecular flexibility index (Phi) is 3.46. The summed E-state index contributed by atoms with van der Waals surface area (Å²) in [7, 11) is 0. The quantitative estimate of drug-likeness (QED) is 0.864. The van der Waals surface area contributed by atoms with Crippen LogP contribution in [0.5, 0.6) is 0 Å². The van der Waals surface area contributed by atoms with Gasteiger partial charge in [0, 0.05) is 12.3 Å². The lowest BCUT2D eigenvalue weighted by Crippen LogP contribution is -2.61. The van der Waals surface area contributed by atoms with Gasteiger partial charge in [0.05, 0.1) is 12.1 Å². The van der Waals surface area contributed by atoms with E-state index >= 15 is 0 Å². The van der Waals surface area contributed by atoms with E-state index < -0.39 is 5.60 Å². The minimum Gasteiger partial charge on any atom is -0.385 e. The summed E-state index contributed by atoms with van der Waals surface area (Å²) in [6.07, 6.45) is 4.58. The van der Waals surface area contributed by atoms with Gasteiger partial charge in [0.15, 0.2) is 0 Å². The Morgan fingerprint density at radius 3 is 2.79 bits per heavy atom. The van der Waals surface area contributed by atoms with Crippen molar-refractivity contribution in [2.45, 2.75) is 49.9 Å². The molecule has 1 aliphatic carbocycles. The van der Waals surface area contributed by atoms with Crippen LogP contribution in [-0.2, 0) is 4.74 Å². The molecule has 1 aromatic carbocycles. The minimum absolute atomic E-state index is 0.0167. The van der Waals surface area contributed by atoms with Crippen molar-refractivity contribution in [1.29, 1.82) is 0 Å². The summed E-state index contributed by atoms with van der Waals surface area (Å²) in [5.41, 5.74) is 0.0660. The Morgan fingerprint density at radius 1 is 1.21 bits per heavy atom. The zero-order chi connectivity index (χ0) is 13.3. The molecule has 1 saturated carbocycles. The second-order valence-corrected chi connectivity index (χ2v) is 5.59. The van der Waals surface area contributed by atoms with Crippen LogP contribution >= 0.6 is 0 Å². The van der Waals surface area contributed by atoms with Gasteiger partial charge >= 0.3 is 0 Å². The number of benzene rings is 1. The summed E-state index contributed by atoms with van der Waals surface area (Å²) in [6, 6.07) is 6.28. The number of nitrogens with one attached hydrogen (secondary N) is 1. The van der Waals surface area contributed by atoms with Gasteiger partial charge in [-0.3, -0.25) is 0 Å². The van der Waals surface area contributed by atoms with Crippen LogP contribution in [0.15, 0.2) is 24.3 Å². The molecule has 0 bridgehead atoms. The van der Waals surface area contributed by atoms with Crippen LogP contribution in [0, 0.1) is 5.82 Å². The average molecular weight is 265 g/mol. The summed E-state index contributed by atoms with van der Waals surface area (Å²) in [4.78, 5) is 0. The fourth-order valence-electron chi connectivity index (χ4n) is 3.30. The van der Waals surface area contributed by atoms with Crippen molar-refractivity contribution in [2.75, 3.05) is 11.9 Å². The van der Waals surface area contributed by atoms with Gasteiger partial charge < -0.3 is 15.2 Å². The van der Waals surface area contributed by atoms with Gasteiger partial charge in [-0.2, -0.15) is 0 Å². The second-order valence-electron chi connectivity index (χ2n) is 5.59. The van der Waals surface area contributed by atoms with E-state index in [-0.39, 0.29) is 18.0 Å². The fraction of sp³-hybridized carbons (Fsp3) is 0.600. The number of aliphatic hydroxyl groups is 1. The average Bonchev–Trinajstić information content (AvgIpc) is 2.42. The van der Waals surface area contributed by atoms with Gasteiger partial charge in [-0.05, 0) is 43.5 Å². The smallest absolute Gasteiger partial charge is 0.123 e. The lowest BCUT2D eigenvalue weighted by Gasteiger charge is -2.48. The first kappa shape index (κ1) is 12.9. The maximum atomic E-state index is 12.9. The highest BCUT2D eigenvalue weighted by Gasteiger charge is 2.48. The van der Waals surface area contributed by atoms with Crippen LogP contribution in [0.25, 0.3) is 0 Å². The molecule has 0 unspecified atom stereocenters. The first-order valence-electron chi connectivity index (χ1n) is 7.04. The zero-order valence-electron chi connectivity index (χ0n) is 10.9. The van der Waals surface area contributed by atoms with Crippen molar-refractivity contribution in [3.8, 4) is 0 Å². The normalized spacial score (nSPS) is 34.6. The highest BCUT2D eigenvalue weighted by atomic mass is 19.1. The van der Waals surface area contributed by atoms with Crippen molar-refractivity contribution in [1.82, 2.24) is 0 Å². The summed E-state index contributed by atoms with van der Waals surface area (Å²) in [5.74, 6) is -0.244. The maximum absolute atomic E-state index is 12.9. The molecule has 3 nitrogen and oxygen atoms in total. The third-order valence-electron chi connectivity index (χ3n) is 4.37. The summed E-state index contributed by atoms with van der Waals surface area (Å²) >= 11 is 0. The number of fused-ring (bicyclic) bond motifs is 1. The van der Waals surface area contributed by atoms with E-state index in [1.165, 1.54) is 12.1 Å². The molecule has 4 heteroatoms. The molecule has 1 heterocycles. The molecule has 3 rings (SSSR count). The summed E-state index contributed by atoms with van der Waals surface area (Å²) in [5, 5.41) is 14.3. The molecule has 2 N–H and O–H groups in total. The molecule has 0 aromatic heterocycles. The Hall–Kier alpha value is -1.13. The number of hydrogen-bond donors (Lipinski definition) is 2. The zero-order valence-corrected chi connectivity index (χ0v) is 10.9. The lowest BCUT2D eigenvalue weighted by atomic mass is 9.74. The van der Waals surface area contributed by atoms with E-state index in [0.717, 1.165) is 37.8 Å². The van der Waals surface area contributed by atoms with Gasteiger partial charge in [0.2, 0.25) is 0 Å². The minimum atomic E-state index is -0.787. The van der Waals surface area contributed by atoms with E-state index in [1.807, 2.05) is 0 Å². The van der Waals surface area contributed by atoms with Crippen LogP contribution in [0.4, 0.5) is 10.1 Å². The van der Waals surface area contributed by atoms with E-state index in [2.05, 4.69) is 5.32 Å². The first-order chi connectivity index (χ1) is 9.18. The molecule has 1 saturated heterocycles. The molecule has 2 fully saturated rings. The van der Waals surface area contributed by atoms with Crippen molar-refractivity contribution in [2.24, 2.45) is 0 Å². The van der Waals surface area contributed by atoms with Gasteiger partial charge in [-0.15, -0.1) is 0 Å². The molecule has 19 heavy (non-hydrogen) atoms. The Labute approximate surface area is 112 Å². The van der Waals surface area contributed by atoms with Crippen LogP contribution in [0.2, 0.25) is 0 Å². The monoisotopic (exact) mass is 265 g/mol. The lowest BCUT2D eigenvalue weighted by molar-refractivity contribution is -0.169. The van der Waals surface area contributed by atoms with Crippen LogP contribution in [0.1, 0.15) is 32.1 Å². The number of halogens is 1. The molecular formula is C15H20FNO2. The highest BCUT2D eigenvalue weighted by Crippen LogP contribution is 2.38. The molecule has 0 radical (unpaired) electrons. The molecule has 1 aliphatic heterocycles. The Balaban J connectivity index is 1.77. The number of hydrogen-bond acceptors (Lipinski definition) is 3. The standard InChI is InChI=1S/C15H20FNO2/c16-11-4-6-12(7-5-11)17-13-8-10-19-14-3-1-2-9-15(13,14)18/h4-7,13-14,17-18H,1-3,8-10H2/t13-,14-,15+/m1/s1. The van der Waals surface area contributed by atoms with Crippen molar-refractivity contribution in [3.05, 3.63) is 30.1 Å². The van der Waals surface area contributed by atoms with Gasteiger partial charge in [0.25, 0.3) is 0 Å². The van der Waals surface area contributed by atoms with Gasteiger partial charge in [-0.1, -0.05) is 12.8 Å². The predicted molar refractivity (Wildman–Crippen MR) is 71.6 cm³/mol. The maximum Gasteiger partial charge on any atom is 0.123 e. The number of anilines is 1. The van der Waals surface area contributed by atoms with E-state index in [0.29, 0.717) is 6.61 Å². The molecule has 3 atom stereocenters. The third-order valence-corrected chi connectivity index (χ3v) is 4.37. The molecular weight excluding hydrogens is 245 g/mol. The SMILES string of the molecule is O[C@]12CCCC[C@H]1OCC[C@H]2Nc1ccc(F)cc1. The van der Waals surface area contributed by atoms with Gasteiger partial charge in [0.1, 0.15) is 11.4 Å². The second kappa shape index (κ2) is 5.10. The molecule has 1 aromatic rings. The van der Waals surface area contributed by atoms with Crippen LogP contribution in [-0.4, -0.2) is 29.5 Å². The predicted octanol–water partition coefficient (Wildman–Crippen LogP) is 2.70. The summed E-state index contributed by atoms with van der Waals surface area (Å²) < 4.78 is 18.6. The van der Waals surface area contributed by atoms with Crippen LogP contribution in [0.3, 0.4) is 0 Å². The highest BCUT2D eigenvalue weighted by molar-refractivity contribution is 5.44. The largest absolute Gasteiger partial charge is 0.385 e. The van der Waals surface area contributed by atoms with E-state index in [4.69, 9.17) is 4.74 Å².